The fourth-order valence-electron chi connectivity index (χ4n) is 7.51. The molecule has 0 N–H and O–H groups in total. The molecule has 0 saturated carbocycles. The number of rotatable bonds is 7. The molecule has 0 bridgehead atoms. The third-order valence-corrected chi connectivity index (χ3v) is 10.3. The standard InChI is InChI=1S/C52H34N4/c1-5-14-38(15-6-1)44-22-13-23-45-48(44)46-34-43(32-33-47(46)53-49(45)39-16-7-2-8-17-39)37-26-24-35(25-27-37)36-28-30-42(31-29-36)52-55-50(40-18-9-3-10-19-40)54-51(56-52)41-20-11-4-12-21-41/h1-34H. The lowest BCUT2D eigenvalue weighted by Crippen LogP contribution is -2.00. The second-order valence-corrected chi connectivity index (χ2v) is 13.8. The highest BCUT2D eigenvalue weighted by Crippen LogP contribution is 2.40. The first-order valence-electron chi connectivity index (χ1n) is 18.8. The van der Waals surface area contributed by atoms with Gasteiger partial charge in [-0.2, -0.15) is 0 Å². The van der Waals surface area contributed by atoms with Crippen molar-refractivity contribution in [2.45, 2.75) is 0 Å². The van der Waals surface area contributed by atoms with Crippen molar-refractivity contribution >= 4 is 21.7 Å². The molecule has 0 fully saturated rings. The summed E-state index contributed by atoms with van der Waals surface area (Å²) in [6, 6.07) is 71.8. The summed E-state index contributed by atoms with van der Waals surface area (Å²) in [5, 5.41) is 3.50. The molecule has 0 spiro atoms. The van der Waals surface area contributed by atoms with Crippen molar-refractivity contribution in [1.82, 2.24) is 19.9 Å². The van der Waals surface area contributed by atoms with E-state index < -0.39 is 0 Å². The van der Waals surface area contributed by atoms with Crippen molar-refractivity contribution in [2.24, 2.45) is 0 Å². The summed E-state index contributed by atoms with van der Waals surface area (Å²) in [6.45, 7) is 0. The van der Waals surface area contributed by atoms with Gasteiger partial charge in [0.15, 0.2) is 17.5 Å². The zero-order chi connectivity index (χ0) is 37.3. The van der Waals surface area contributed by atoms with E-state index in [4.69, 9.17) is 19.9 Å². The Morgan fingerprint density at radius 1 is 0.250 bits per heavy atom. The molecular weight excluding hydrogens is 681 g/mol. The molecule has 0 amide bonds. The molecule has 56 heavy (non-hydrogen) atoms. The van der Waals surface area contributed by atoms with Gasteiger partial charge in [0.2, 0.25) is 0 Å². The molecule has 0 saturated heterocycles. The number of pyridine rings is 1. The van der Waals surface area contributed by atoms with Crippen LogP contribution in [0.25, 0.3) is 100 Å². The van der Waals surface area contributed by atoms with Crippen molar-refractivity contribution in [1.29, 1.82) is 0 Å². The second kappa shape index (κ2) is 14.3. The molecule has 2 aromatic heterocycles. The van der Waals surface area contributed by atoms with Crippen LogP contribution in [-0.4, -0.2) is 19.9 Å². The van der Waals surface area contributed by atoms with Crippen molar-refractivity contribution in [2.75, 3.05) is 0 Å². The lowest BCUT2D eigenvalue weighted by atomic mass is 9.91. The summed E-state index contributed by atoms with van der Waals surface area (Å²) in [5.41, 5.74) is 12.9. The summed E-state index contributed by atoms with van der Waals surface area (Å²) < 4.78 is 0. The third kappa shape index (κ3) is 6.29. The maximum Gasteiger partial charge on any atom is 0.164 e. The van der Waals surface area contributed by atoms with Gasteiger partial charge in [-0.1, -0.05) is 194 Å². The fourth-order valence-corrected chi connectivity index (χ4v) is 7.51. The minimum absolute atomic E-state index is 0.643. The highest BCUT2D eigenvalue weighted by Gasteiger charge is 2.16. The summed E-state index contributed by atoms with van der Waals surface area (Å²) in [6.07, 6.45) is 0. The van der Waals surface area contributed by atoms with Crippen molar-refractivity contribution < 1.29 is 0 Å². The van der Waals surface area contributed by atoms with Crippen LogP contribution >= 0.6 is 0 Å². The van der Waals surface area contributed by atoms with Gasteiger partial charge in [0, 0.05) is 38.4 Å². The van der Waals surface area contributed by atoms with Crippen LogP contribution in [0.1, 0.15) is 0 Å². The summed E-state index contributed by atoms with van der Waals surface area (Å²) >= 11 is 0. The molecule has 0 aliphatic heterocycles. The quantitative estimate of drug-likeness (QED) is 0.154. The smallest absolute Gasteiger partial charge is 0.164 e. The van der Waals surface area contributed by atoms with Gasteiger partial charge in [-0.05, 0) is 45.5 Å². The van der Waals surface area contributed by atoms with E-state index >= 15 is 0 Å². The summed E-state index contributed by atoms with van der Waals surface area (Å²) in [5.74, 6) is 1.95. The zero-order valence-corrected chi connectivity index (χ0v) is 30.4. The number of hydrogen-bond acceptors (Lipinski definition) is 4. The molecule has 2 heterocycles. The Hall–Kier alpha value is -7.56. The van der Waals surface area contributed by atoms with Crippen LogP contribution in [0.2, 0.25) is 0 Å². The first kappa shape index (κ1) is 33.0. The molecule has 0 unspecified atom stereocenters. The average molecular weight is 715 g/mol. The Kier molecular flexibility index (Phi) is 8.47. The molecule has 262 valence electrons. The van der Waals surface area contributed by atoms with E-state index in [1.165, 1.54) is 16.5 Å². The van der Waals surface area contributed by atoms with Crippen LogP contribution in [0.5, 0.6) is 0 Å². The van der Waals surface area contributed by atoms with E-state index in [0.29, 0.717) is 17.5 Å². The summed E-state index contributed by atoms with van der Waals surface area (Å²) in [4.78, 5) is 19.9. The minimum atomic E-state index is 0.643. The molecule has 4 nitrogen and oxygen atoms in total. The van der Waals surface area contributed by atoms with E-state index in [9.17, 15) is 0 Å². The summed E-state index contributed by atoms with van der Waals surface area (Å²) in [7, 11) is 0. The number of benzene rings is 8. The normalized spacial score (nSPS) is 11.2. The zero-order valence-electron chi connectivity index (χ0n) is 30.4. The number of nitrogens with zero attached hydrogens (tertiary/aromatic N) is 4. The van der Waals surface area contributed by atoms with Crippen LogP contribution < -0.4 is 0 Å². The fraction of sp³-hybridized carbons (Fsp3) is 0. The monoisotopic (exact) mass is 714 g/mol. The SMILES string of the molecule is c1ccc(-c2nc(-c3ccccc3)nc(-c3ccc(-c4ccc(-c5ccc6nc(-c7ccccc7)c7cccc(-c8ccccc8)c7c6c5)cc4)cc3)n2)cc1. The molecule has 0 radical (unpaired) electrons. The lowest BCUT2D eigenvalue weighted by Gasteiger charge is -2.15. The topological polar surface area (TPSA) is 51.6 Å². The van der Waals surface area contributed by atoms with Crippen LogP contribution in [0.3, 0.4) is 0 Å². The Balaban J connectivity index is 1.00. The van der Waals surface area contributed by atoms with E-state index in [1.807, 2.05) is 60.7 Å². The van der Waals surface area contributed by atoms with Crippen LogP contribution in [0.15, 0.2) is 206 Å². The third-order valence-electron chi connectivity index (χ3n) is 10.3. The van der Waals surface area contributed by atoms with Gasteiger partial charge in [-0.3, -0.25) is 0 Å². The van der Waals surface area contributed by atoms with Gasteiger partial charge < -0.3 is 0 Å². The Morgan fingerprint density at radius 3 is 1.18 bits per heavy atom. The van der Waals surface area contributed by atoms with Crippen molar-refractivity contribution in [3.8, 4) is 78.8 Å². The van der Waals surface area contributed by atoms with E-state index in [-0.39, 0.29) is 0 Å². The predicted octanol–water partition coefficient (Wildman–Crippen LogP) is 13.2. The van der Waals surface area contributed by atoms with Crippen molar-refractivity contribution in [3.05, 3.63) is 206 Å². The van der Waals surface area contributed by atoms with Gasteiger partial charge >= 0.3 is 0 Å². The largest absolute Gasteiger partial charge is 0.247 e. The van der Waals surface area contributed by atoms with Crippen molar-refractivity contribution in [3.63, 3.8) is 0 Å². The van der Waals surface area contributed by atoms with Crippen LogP contribution in [-0.2, 0) is 0 Å². The maximum atomic E-state index is 5.25. The lowest BCUT2D eigenvalue weighted by molar-refractivity contribution is 1.07. The second-order valence-electron chi connectivity index (χ2n) is 13.8. The Bertz CT molecular complexity index is 2910. The Labute approximate surface area is 325 Å². The molecule has 4 heteroatoms. The highest BCUT2D eigenvalue weighted by molar-refractivity contribution is 6.17. The maximum absolute atomic E-state index is 5.25. The predicted molar refractivity (Wildman–Crippen MR) is 231 cm³/mol. The number of hydrogen-bond donors (Lipinski definition) is 0. The van der Waals surface area contributed by atoms with Gasteiger partial charge in [0.25, 0.3) is 0 Å². The molecular formula is C52H34N4. The Morgan fingerprint density at radius 2 is 0.661 bits per heavy atom. The number of fused-ring (bicyclic) bond motifs is 3. The van der Waals surface area contributed by atoms with E-state index in [0.717, 1.165) is 66.5 Å². The highest BCUT2D eigenvalue weighted by atomic mass is 15.0. The van der Waals surface area contributed by atoms with Crippen LogP contribution in [0.4, 0.5) is 0 Å². The minimum Gasteiger partial charge on any atom is -0.247 e. The first-order chi connectivity index (χ1) is 27.7. The van der Waals surface area contributed by atoms with Gasteiger partial charge in [-0.25, -0.2) is 19.9 Å². The van der Waals surface area contributed by atoms with Gasteiger partial charge in [-0.15, -0.1) is 0 Å². The first-order valence-corrected chi connectivity index (χ1v) is 18.8. The molecule has 0 aliphatic rings. The average Bonchev–Trinajstić information content (AvgIpc) is 3.29. The van der Waals surface area contributed by atoms with Crippen LogP contribution in [0, 0.1) is 0 Å². The number of aromatic nitrogens is 4. The molecule has 10 rings (SSSR count). The van der Waals surface area contributed by atoms with E-state index in [2.05, 4.69) is 146 Å². The van der Waals surface area contributed by atoms with Gasteiger partial charge in [0.1, 0.15) is 0 Å². The molecule has 10 aromatic rings. The van der Waals surface area contributed by atoms with E-state index in [1.54, 1.807) is 0 Å². The molecule has 0 atom stereocenters. The molecule has 0 aliphatic carbocycles. The van der Waals surface area contributed by atoms with Gasteiger partial charge in [0.05, 0.1) is 11.2 Å². The molecule has 8 aromatic carbocycles.